The zero-order valence-electron chi connectivity index (χ0n) is 12.4. The Morgan fingerprint density at radius 2 is 1.95 bits per heavy atom. The molecule has 3 nitrogen and oxygen atoms in total. The summed E-state index contributed by atoms with van der Waals surface area (Å²) in [7, 11) is 0. The number of carbonyl (C=O) groups excluding carboxylic acids is 1. The van der Waals surface area contributed by atoms with E-state index in [-0.39, 0.29) is 5.91 Å². The van der Waals surface area contributed by atoms with Gasteiger partial charge < -0.3 is 9.88 Å². The van der Waals surface area contributed by atoms with Crippen LogP contribution in [0.2, 0.25) is 0 Å². The predicted octanol–water partition coefficient (Wildman–Crippen LogP) is 3.30. The van der Waals surface area contributed by atoms with Crippen LogP contribution in [0, 0.1) is 0 Å². The Hall–Kier alpha value is -2.55. The summed E-state index contributed by atoms with van der Waals surface area (Å²) < 4.78 is 0. The van der Waals surface area contributed by atoms with Crippen molar-refractivity contribution in [3.8, 4) is 0 Å². The third-order valence-electron chi connectivity index (χ3n) is 4.46. The lowest BCUT2D eigenvalue weighted by Crippen LogP contribution is -2.36. The van der Waals surface area contributed by atoms with Gasteiger partial charge >= 0.3 is 0 Å². The van der Waals surface area contributed by atoms with Crippen LogP contribution < -0.4 is 0 Å². The molecule has 1 aliphatic heterocycles. The molecule has 2 aromatic carbocycles. The molecule has 1 aliphatic rings. The molecule has 0 aliphatic carbocycles. The first-order chi connectivity index (χ1) is 10.8. The van der Waals surface area contributed by atoms with Crippen LogP contribution in [0.3, 0.4) is 0 Å². The van der Waals surface area contributed by atoms with Crippen LogP contribution >= 0.6 is 0 Å². The standard InChI is InChI=1S/C19H18N2O/c22-19(12-14-5-6-16-7-9-20-18(16)11-14)21-10-8-15-3-1-2-4-17(15)13-21/h1-7,9,11,20H,8,10,12-13H2. The minimum atomic E-state index is 0.209. The number of fused-ring (bicyclic) bond motifs is 2. The van der Waals surface area contributed by atoms with Gasteiger partial charge in [0.15, 0.2) is 0 Å². The van der Waals surface area contributed by atoms with E-state index in [1.165, 1.54) is 16.5 Å². The van der Waals surface area contributed by atoms with Crippen LogP contribution in [-0.2, 0) is 24.2 Å². The summed E-state index contributed by atoms with van der Waals surface area (Å²) in [6.45, 7) is 1.56. The Balaban J connectivity index is 1.50. The fourth-order valence-corrected chi connectivity index (χ4v) is 3.20. The summed E-state index contributed by atoms with van der Waals surface area (Å²) in [6.07, 6.45) is 3.35. The molecule has 0 atom stereocenters. The molecule has 110 valence electrons. The van der Waals surface area contributed by atoms with Crippen LogP contribution in [0.1, 0.15) is 16.7 Å². The van der Waals surface area contributed by atoms with E-state index in [0.29, 0.717) is 6.42 Å². The van der Waals surface area contributed by atoms with E-state index in [4.69, 9.17) is 0 Å². The topological polar surface area (TPSA) is 36.1 Å². The van der Waals surface area contributed by atoms with Crippen molar-refractivity contribution < 1.29 is 4.79 Å². The van der Waals surface area contributed by atoms with Gasteiger partial charge in [0.05, 0.1) is 6.42 Å². The summed E-state index contributed by atoms with van der Waals surface area (Å²) in [5.74, 6) is 0.209. The van der Waals surface area contributed by atoms with Crippen molar-refractivity contribution in [1.82, 2.24) is 9.88 Å². The SMILES string of the molecule is O=C(Cc1ccc2cc[nH]c2c1)N1CCc2ccccc2C1. The van der Waals surface area contributed by atoms with Crippen molar-refractivity contribution in [3.63, 3.8) is 0 Å². The molecule has 3 heteroatoms. The number of nitrogens with zero attached hydrogens (tertiary/aromatic N) is 1. The quantitative estimate of drug-likeness (QED) is 0.772. The third kappa shape index (κ3) is 2.39. The normalized spacial score (nSPS) is 14.1. The number of H-pyrrole nitrogens is 1. The van der Waals surface area contributed by atoms with Gasteiger partial charge in [0.25, 0.3) is 0 Å². The van der Waals surface area contributed by atoms with E-state index in [9.17, 15) is 4.79 Å². The van der Waals surface area contributed by atoms with Crippen LogP contribution in [0.5, 0.6) is 0 Å². The first-order valence-electron chi connectivity index (χ1n) is 7.70. The summed E-state index contributed by atoms with van der Waals surface area (Å²) >= 11 is 0. The van der Waals surface area contributed by atoms with E-state index in [0.717, 1.165) is 30.6 Å². The van der Waals surface area contributed by atoms with Crippen LogP contribution in [0.4, 0.5) is 0 Å². The van der Waals surface area contributed by atoms with Gasteiger partial charge in [-0.2, -0.15) is 0 Å². The highest BCUT2D eigenvalue weighted by atomic mass is 16.2. The van der Waals surface area contributed by atoms with Crippen molar-refractivity contribution in [2.75, 3.05) is 6.54 Å². The average molecular weight is 290 g/mol. The lowest BCUT2D eigenvalue weighted by atomic mass is 9.99. The van der Waals surface area contributed by atoms with Gasteiger partial charge in [-0.3, -0.25) is 4.79 Å². The second-order valence-electron chi connectivity index (χ2n) is 5.91. The lowest BCUT2D eigenvalue weighted by molar-refractivity contribution is -0.131. The molecule has 0 unspecified atom stereocenters. The highest BCUT2D eigenvalue weighted by Crippen LogP contribution is 2.20. The van der Waals surface area contributed by atoms with Gasteiger partial charge in [-0.05, 0) is 40.6 Å². The lowest BCUT2D eigenvalue weighted by Gasteiger charge is -2.29. The number of aromatic amines is 1. The van der Waals surface area contributed by atoms with Crippen LogP contribution in [0.25, 0.3) is 10.9 Å². The van der Waals surface area contributed by atoms with Crippen molar-refractivity contribution in [1.29, 1.82) is 0 Å². The zero-order valence-corrected chi connectivity index (χ0v) is 12.4. The molecule has 0 radical (unpaired) electrons. The number of aromatic nitrogens is 1. The molecule has 1 amide bonds. The largest absolute Gasteiger partial charge is 0.361 e. The Bertz CT molecular complexity index is 834. The highest BCUT2D eigenvalue weighted by Gasteiger charge is 2.20. The first kappa shape index (κ1) is 13.1. The fraction of sp³-hybridized carbons (Fsp3) is 0.211. The Labute approximate surface area is 129 Å². The van der Waals surface area contributed by atoms with Gasteiger partial charge in [0, 0.05) is 24.8 Å². The summed E-state index contributed by atoms with van der Waals surface area (Å²) in [4.78, 5) is 17.7. The van der Waals surface area contributed by atoms with Crippen molar-refractivity contribution >= 4 is 16.8 Å². The predicted molar refractivity (Wildman–Crippen MR) is 87.6 cm³/mol. The van der Waals surface area contributed by atoms with Gasteiger partial charge in [-0.15, -0.1) is 0 Å². The van der Waals surface area contributed by atoms with E-state index < -0.39 is 0 Å². The third-order valence-corrected chi connectivity index (χ3v) is 4.46. The summed E-state index contributed by atoms with van der Waals surface area (Å²) in [5.41, 5.74) is 4.81. The Morgan fingerprint density at radius 3 is 2.86 bits per heavy atom. The Morgan fingerprint density at radius 1 is 1.09 bits per heavy atom. The maximum Gasteiger partial charge on any atom is 0.227 e. The van der Waals surface area contributed by atoms with Crippen molar-refractivity contribution in [3.05, 3.63) is 71.4 Å². The van der Waals surface area contributed by atoms with Gasteiger partial charge in [-0.1, -0.05) is 36.4 Å². The number of rotatable bonds is 2. The second-order valence-corrected chi connectivity index (χ2v) is 5.91. The molecule has 0 saturated carbocycles. The minimum absolute atomic E-state index is 0.209. The summed E-state index contributed by atoms with van der Waals surface area (Å²) in [6, 6.07) is 16.6. The van der Waals surface area contributed by atoms with Gasteiger partial charge in [0.1, 0.15) is 0 Å². The van der Waals surface area contributed by atoms with Crippen molar-refractivity contribution in [2.24, 2.45) is 0 Å². The smallest absolute Gasteiger partial charge is 0.227 e. The summed E-state index contributed by atoms with van der Waals surface area (Å²) in [5, 5.41) is 1.18. The van der Waals surface area contributed by atoms with Crippen LogP contribution in [-0.4, -0.2) is 22.3 Å². The van der Waals surface area contributed by atoms with E-state index in [1.807, 2.05) is 29.3 Å². The van der Waals surface area contributed by atoms with Crippen molar-refractivity contribution in [2.45, 2.75) is 19.4 Å². The molecule has 0 fully saturated rings. The molecule has 4 rings (SSSR count). The molecule has 2 heterocycles. The molecule has 3 aromatic rings. The number of hydrogen-bond acceptors (Lipinski definition) is 1. The molecule has 0 bridgehead atoms. The number of carbonyl (C=O) groups is 1. The molecule has 1 N–H and O–H groups in total. The van der Waals surface area contributed by atoms with Gasteiger partial charge in [-0.25, -0.2) is 0 Å². The van der Waals surface area contributed by atoms with E-state index in [1.54, 1.807) is 0 Å². The number of hydrogen-bond donors (Lipinski definition) is 1. The monoisotopic (exact) mass is 290 g/mol. The first-order valence-corrected chi connectivity index (χ1v) is 7.70. The Kier molecular flexibility index (Phi) is 3.19. The molecule has 0 spiro atoms. The number of benzene rings is 2. The zero-order chi connectivity index (χ0) is 14.9. The molecule has 1 aromatic heterocycles. The van der Waals surface area contributed by atoms with Crippen LogP contribution in [0.15, 0.2) is 54.7 Å². The maximum absolute atomic E-state index is 12.6. The number of nitrogens with one attached hydrogen (secondary N) is 1. The van der Waals surface area contributed by atoms with Gasteiger partial charge in [0.2, 0.25) is 5.91 Å². The second kappa shape index (κ2) is 5.34. The molecular weight excluding hydrogens is 272 g/mol. The number of amides is 1. The molecule has 22 heavy (non-hydrogen) atoms. The average Bonchev–Trinajstić information content (AvgIpc) is 3.02. The molecular formula is C19H18N2O. The highest BCUT2D eigenvalue weighted by molar-refractivity contribution is 5.83. The minimum Gasteiger partial charge on any atom is -0.361 e. The maximum atomic E-state index is 12.6. The van der Waals surface area contributed by atoms with E-state index in [2.05, 4.69) is 35.3 Å². The molecule has 0 saturated heterocycles. The fourth-order valence-electron chi connectivity index (χ4n) is 3.20. The van der Waals surface area contributed by atoms with E-state index >= 15 is 0 Å².